The molecule has 26 heavy (non-hydrogen) atoms. The SMILES string of the molecule is Cc1cccc(COc2ccc(Br)cc2CNc2ccc(F)c(Cl)c2)c1. The van der Waals surface area contributed by atoms with Crippen molar-refractivity contribution in [3.8, 4) is 5.75 Å². The van der Waals surface area contributed by atoms with Crippen LogP contribution in [0.5, 0.6) is 5.75 Å². The minimum absolute atomic E-state index is 0.0974. The highest BCUT2D eigenvalue weighted by molar-refractivity contribution is 9.10. The first-order valence-corrected chi connectivity index (χ1v) is 9.34. The van der Waals surface area contributed by atoms with Crippen LogP contribution < -0.4 is 10.1 Å². The van der Waals surface area contributed by atoms with Crippen LogP contribution in [0.2, 0.25) is 5.02 Å². The van der Waals surface area contributed by atoms with Crippen LogP contribution in [0.1, 0.15) is 16.7 Å². The number of anilines is 1. The third-order valence-corrected chi connectivity index (χ3v) is 4.68. The fraction of sp³-hybridized carbons (Fsp3) is 0.143. The maximum atomic E-state index is 13.3. The molecule has 0 aliphatic rings. The summed E-state index contributed by atoms with van der Waals surface area (Å²) in [5.41, 5.74) is 4.07. The predicted molar refractivity (Wildman–Crippen MR) is 108 cm³/mol. The van der Waals surface area contributed by atoms with Crippen LogP contribution in [0, 0.1) is 12.7 Å². The molecule has 0 aromatic heterocycles. The lowest BCUT2D eigenvalue weighted by atomic mass is 10.1. The topological polar surface area (TPSA) is 21.3 Å². The summed E-state index contributed by atoms with van der Waals surface area (Å²) in [7, 11) is 0. The lowest BCUT2D eigenvalue weighted by molar-refractivity contribution is 0.303. The van der Waals surface area contributed by atoms with Crippen molar-refractivity contribution in [1.82, 2.24) is 0 Å². The van der Waals surface area contributed by atoms with E-state index in [2.05, 4.69) is 40.3 Å². The molecule has 2 nitrogen and oxygen atoms in total. The summed E-state index contributed by atoms with van der Waals surface area (Å²) in [5, 5.41) is 3.35. The van der Waals surface area contributed by atoms with E-state index < -0.39 is 5.82 Å². The highest BCUT2D eigenvalue weighted by Gasteiger charge is 2.07. The number of aryl methyl sites for hydroxylation is 1. The Balaban J connectivity index is 1.71. The second-order valence-electron chi connectivity index (χ2n) is 6.01. The number of nitrogens with one attached hydrogen (secondary N) is 1. The molecule has 3 aromatic rings. The van der Waals surface area contributed by atoms with Crippen molar-refractivity contribution in [1.29, 1.82) is 0 Å². The average molecular weight is 435 g/mol. The van der Waals surface area contributed by atoms with Crippen LogP contribution in [-0.2, 0) is 13.2 Å². The first-order valence-electron chi connectivity index (χ1n) is 8.17. The summed E-state index contributed by atoms with van der Waals surface area (Å²) in [4.78, 5) is 0. The van der Waals surface area contributed by atoms with E-state index >= 15 is 0 Å². The van der Waals surface area contributed by atoms with Crippen LogP contribution in [0.15, 0.2) is 65.1 Å². The Kier molecular flexibility index (Phi) is 6.17. The van der Waals surface area contributed by atoms with Gasteiger partial charge >= 0.3 is 0 Å². The number of hydrogen-bond donors (Lipinski definition) is 1. The van der Waals surface area contributed by atoms with Crippen molar-refractivity contribution in [2.45, 2.75) is 20.1 Å². The third-order valence-electron chi connectivity index (χ3n) is 3.90. The fourth-order valence-corrected chi connectivity index (χ4v) is 3.18. The number of benzene rings is 3. The average Bonchev–Trinajstić information content (AvgIpc) is 2.62. The smallest absolute Gasteiger partial charge is 0.141 e. The Morgan fingerprint density at radius 1 is 1.08 bits per heavy atom. The van der Waals surface area contributed by atoms with E-state index in [9.17, 15) is 4.39 Å². The van der Waals surface area contributed by atoms with Crippen LogP contribution in [0.25, 0.3) is 0 Å². The van der Waals surface area contributed by atoms with Gasteiger partial charge in [0.1, 0.15) is 18.2 Å². The Labute approximate surface area is 166 Å². The largest absolute Gasteiger partial charge is 0.489 e. The molecule has 0 saturated carbocycles. The monoisotopic (exact) mass is 433 g/mol. The molecule has 0 amide bonds. The minimum atomic E-state index is -0.429. The molecule has 0 fully saturated rings. The third kappa shape index (κ3) is 4.99. The number of halogens is 3. The summed E-state index contributed by atoms with van der Waals surface area (Å²) in [5.74, 6) is 0.372. The van der Waals surface area contributed by atoms with Crippen molar-refractivity contribution < 1.29 is 9.13 Å². The van der Waals surface area contributed by atoms with Gasteiger partial charge in [-0.2, -0.15) is 0 Å². The minimum Gasteiger partial charge on any atom is -0.489 e. The van der Waals surface area contributed by atoms with E-state index in [4.69, 9.17) is 16.3 Å². The van der Waals surface area contributed by atoms with Gasteiger partial charge in [0.25, 0.3) is 0 Å². The van der Waals surface area contributed by atoms with Crippen LogP contribution in [-0.4, -0.2) is 0 Å². The first-order chi connectivity index (χ1) is 12.5. The summed E-state index contributed by atoms with van der Waals surface area (Å²) < 4.78 is 20.3. The molecule has 5 heteroatoms. The molecule has 134 valence electrons. The fourth-order valence-electron chi connectivity index (χ4n) is 2.59. The Morgan fingerprint density at radius 3 is 2.69 bits per heavy atom. The van der Waals surface area contributed by atoms with Crippen LogP contribution >= 0.6 is 27.5 Å². The van der Waals surface area contributed by atoms with Gasteiger partial charge in [-0.1, -0.05) is 57.4 Å². The number of rotatable bonds is 6. The molecular weight excluding hydrogens is 417 g/mol. The van der Waals surface area contributed by atoms with E-state index in [-0.39, 0.29) is 5.02 Å². The summed E-state index contributed by atoms with van der Waals surface area (Å²) in [6.07, 6.45) is 0. The van der Waals surface area contributed by atoms with E-state index in [1.807, 2.05) is 30.3 Å². The maximum absolute atomic E-state index is 13.3. The van der Waals surface area contributed by atoms with Gasteiger partial charge in [-0.25, -0.2) is 4.39 Å². The highest BCUT2D eigenvalue weighted by atomic mass is 79.9. The summed E-state index contributed by atoms with van der Waals surface area (Å²) in [6.45, 7) is 3.09. The van der Waals surface area contributed by atoms with Gasteiger partial charge < -0.3 is 10.1 Å². The Hall–Kier alpha value is -2.04. The molecular formula is C21H18BrClFNO. The zero-order valence-corrected chi connectivity index (χ0v) is 16.6. The van der Waals surface area contributed by atoms with Crippen molar-refractivity contribution in [3.05, 3.63) is 92.7 Å². The van der Waals surface area contributed by atoms with Crippen LogP contribution in [0.4, 0.5) is 10.1 Å². The molecule has 0 spiro atoms. The molecule has 0 aliphatic heterocycles. The van der Waals surface area contributed by atoms with Crippen molar-refractivity contribution >= 4 is 33.2 Å². The molecule has 0 heterocycles. The normalized spacial score (nSPS) is 10.6. The standard InChI is InChI=1S/C21H18BrClFNO/c1-14-3-2-4-15(9-14)13-26-21-8-5-17(22)10-16(21)12-25-18-6-7-20(24)19(23)11-18/h2-11,25H,12-13H2,1H3. The molecule has 1 N–H and O–H groups in total. The molecule has 0 saturated heterocycles. The van der Waals surface area contributed by atoms with E-state index in [0.29, 0.717) is 13.2 Å². The van der Waals surface area contributed by atoms with Gasteiger partial charge in [-0.15, -0.1) is 0 Å². The molecule has 0 radical (unpaired) electrons. The summed E-state index contributed by atoms with van der Waals surface area (Å²) in [6, 6.07) is 18.7. The second-order valence-corrected chi connectivity index (χ2v) is 7.34. The van der Waals surface area contributed by atoms with E-state index in [1.54, 1.807) is 12.1 Å². The highest BCUT2D eigenvalue weighted by Crippen LogP contribution is 2.26. The van der Waals surface area contributed by atoms with Crippen molar-refractivity contribution in [2.75, 3.05) is 5.32 Å². The molecule has 0 aliphatic carbocycles. The zero-order valence-electron chi connectivity index (χ0n) is 14.2. The van der Waals surface area contributed by atoms with Crippen molar-refractivity contribution in [3.63, 3.8) is 0 Å². The maximum Gasteiger partial charge on any atom is 0.141 e. The first kappa shape index (κ1) is 18.7. The molecule has 3 rings (SSSR count). The van der Waals surface area contributed by atoms with Gasteiger partial charge in [0.05, 0.1) is 5.02 Å². The van der Waals surface area contributed by atoms with E-state index in [0.717, 1.165) is 27.0 Å². The van der Waals surface area contributed by atoms with Crippen molar-refractivity contribution in [2.24, 2.45) is 0 Å². The zero-order chi connectivity index (χ0) is 18.5. The van der Waals surface area contributed by atoms with Gasteiger partial charge in [0.15, 0.2) is 0 Å². The quantitative estimate of drug-likeness (QED) is 0.464. The summed E-state index contributed by atoms with van der Waals surface area (Å²) >= 11 is 9.33. The van der Waals surface area contributed by atoms with Gasteiger partial charge in [-0.05, 0) is 48.9 Å². The number of ether oxygens (including phenoxy) is 1. The van der Waals surface area contributed by atoms with Crippen LogP contribution in [0.3, 0.4) is 0 Å². The van der Waals surface area contributed by atoms with E-state index in [1.165, 1.54) is 11.6 Å². The molecule has 0 bridgehead atoms. The van der Waals surface area contributed by atoms with Gasteiger partial charge in [0.2, 0.25) is 0 Å². The predicted octanol–water partition coefficient (Wildman–Crippen LogP) is 6.74. The molecule has 0 atom stereocenters. The molecule has 0 unspecified atom stereocenters. The lowest BCUT2D eigenvalue weighted by Crippen LogP contribution is -2.04. The lowest BCUT2D eigenvalue weighted by Gasteiger charge is -2.14. The Morgan fingerprint density at radius 2 is 1.92 bits per heavy atom. The molecule has 3 aromatic carbocycles. The van der Waals surface area contributed by atoms with Gasteiger partial charge in [-0.3, -0.25) is 0 Å². The number of hydrogen-bond acceptors (Lipinski definition) is 2. The second kappa shape index (κ2) is 8.56. The van der Waals surface area contributed by atoms with Gasteiger partial charge in [0, 0.05) is 22.3 Å². The Bertz CT molecular complexity index is 916.